The maximum atomic E-state index is 11.2. The molecule has 0 radical (unpaired) electrons. The largest absolute Gasteiger partial charge is 0.352 e. The molecule has 1 aromatic carbocycles. The number of aromatic nitrogens is 1. The Bertz CT molecular complexity index is 640. The van der Waals surface area contributed by atoms with Crippen molar-refractivity contribution in [3.63, 3.8) is 0 Å². The van der Waals surface area contributed by atoms with Gasteiger partial charge < -0.3 is 10.6 Å². The molecule has 0 aliphatic heterocycles. The Kier molecular flexibility index (Phi) is 5.30. The minimum absolute atomic E-state index is 0.0572. The number of amides is 2. The van der Waals surface area contributed by atoms with Crippen LogP contribution >= 0.6 is 22.9 Å². The van der Waals surface area contributed by atoms with Gasteiger partial charge in [-0.1, -0.05) is 24.3 Å². The second-order valence-corrected chi connectivity index (χ2v) is 5.45. The number of hydrogen-bond acceptors (Lipinski definition) is 4. The van der Waals surface area contributed by atoms with Crippen LogP contribution in [0, 0.1) is 0 Å². The quantitative estimate of drug-likeness (QED) is 0.831. The number of nitrogens with zero attached hydrogens (tertiary/aromatic N) is 1. The van der Waals surface area contributed by atoms with Crippen LogP contribution in [0.15, 0.2) is 29.6 Å². The average Bonchev–Trinajstić information content (AvgIpc) is 2.94. The number of benzene rings is 1. The molecule has 0 bridgehead atoms. The Balaban J connectivity index is 2.05. The molecule has 2 amide bonds. The van der Waals surface area contributed by atoms with Crippen molar-refractivity contribution in [3.05, 3.63) is 35.2 Å². The number of rotatable bonds is 5. The first-order valence-corrected chi connectivity index (χ1v) is 7.65. The van der Waals surface area contributed by atoms with Gasteiger partial charge in [-0.2, -0.15) is 0 Å². The molecule has 0 unspecified atom stereocenters. The molecule has 0 saturated carbocycles. The van der Waals surface area contributed by atoms with Crippen LogP contribution in [0.2, 0.25) is 0 Å². The number of nitrogens with one attached hydrogen (secondary N) is 2. The number of thiazole rings is 1. The van der Waals surface area contributed by atoms with E-state index in [-0.39, 0.29) is 17.7 Å². The standard InChI is InChI=1S/C14H14ClN3O2S/c1-9(19)16-7-10-2-4-11(5-3-10)12-8-21-14(17-12)18-13(20)6-15/h2-5,8H,6-7H2,1H3,(H,16,19)(H,17,18,20). The number of hydrogen-bond donors (Lipinski definition) is 2. The minimum Gasteiger partial charge on any atom is -0.352 e. The minimum atomic E-state index is -0.275. The number of carbonyl (C=O) groups excluding carboxylic acids is 2. The monoisotopic (exact) mass is 323 g/mol. The number of anilines is 1. The molecule has 0 aliphatic carbocycles. The highest BCUT2D eigenvalue weighted by molar-refractivity contribution is 7.14. The van der Waals surface area contributed by atoms with Crippen molar-refractivity contribution >= 4 is 39.9 Å². The molecule has 110 valence electrons. The number of alkyl halides is 1. The molecule has 2 rings (SSSR count). The zero-order valence-electron chi connectivity index (χ0n) is 11.4. The van der Waals surface area contributed by atoms with Gasteiger partial charge in [0.15, 0.2) is 5.13 Å². The topological polar surface area (TPSA) is 71.1 Å². The lowest BCUT2D eigenvalue weighted by Crippen LogP contribution is -2.18. The van der Waals surface area contributed by atoms with Crippen molar-refractivity contribution in [2.45, 2.75) is 13.5 Å². The van der Waals surface area contributed by atoms with Gasteiger partial charge in [-0.15, -0.1) is 22.9 Å². The van der Waals surface area contributed by atoms with Crippen LogP contribution in [-0.4, -0.2) is 22.7 Å². The summed E-state index contributed by atoms with van der Waals surface area (Å²) in [7, 11) is 0. The smallest absolute Gasteiger partial charge is 0.241 e. The van der Waals surface area contributed by atoms with E-state index in [2.05, 4.69) is 15.6 Å². The van der Waals surface area contributed by atoms with Gasteiger partial charge in [0.2, 0.25) is 11.8 Å². The molecular formula is C14H14ClN3O2S. The molecule has 1 heterocycles. The molecule has 0 aliphatic rings. The first-order valence-electron chi connectivity index (χ1n) is 6.23. The lowest BCUT2D eigenvalue weighted by molar-refractivity contribution is -0.119. The lowest BCUT2D eigenvalue weighted by Gasteiger charge is -2.03. The molecule has 5 nitrogen and oxygen atoms in total. The fraction of sp³-hybridized carbons (Fsp3) is 0.214. The highest BCUT2D eigenvalue weighted by Crippen LogP contribution is 2.25. The fourth-order valence-corrected chi connectivity index (χ4v) is 2.44. The Morgan fingerprint density at radius 2 is 2.00 bits per heavy atom. The summed E-state index contributed by atoms with van der Waals surface area (Å²) in [6.45, 7) is 1.99. The summed E-state index contributed by atoms with van der Waals surface area (Å²) in [6, 6.07) is 7.72. The van der Waals surface area contributed by atoms with Crippen LogP contribution in [0.25, 0.3) is 11.3 Å². The maximum absolute atomic E-state index is 11.2. The maximum Gasteiger partial charge on any atom is 0.241 e. The van der Waals surface area contributed by atoms with Gasteiger partial charge in [0.25, 0.3) is 0 Å². The summed E-state index contributed by atoms with van der Waals surface area (Å²) in [4.78, 5) is 26.4. The highest BCUT2D eigenvalue weighted by atomic mass is 35.5. The van der Waals surface area contributed by atoms with Crippen LogP contribution in [0.1, 0.15) is 12.5 Å². The second-order valence-electron chi connectivity index (χ2n) is 4.33. The Hall–Kier alpha value is -1.92. The number of carbonyl (C=O) groups is 2. The molecule has 2 aromatic rings. The third-order valence-electron chi connectivity index (χ3n) is 2.66. The summed E-state index contributed by atoms with van der Waals surface area (Å²) in [6.07, 6.45) is 0. The van der Waals surface area contributed by atoms with Crippen molar-refractivity contribution in [1.82, 2.24) is 10.3 Å². The molecule has 0 saturated heterocycles. The van der Waals surface area contributed by atoms with Gasteiger partial charge in [-0.25, -0.2) is 4.98 Å². The van der Waals surface area contributed by atoms with E-state index in [1.165, 1.54) is 18.3 Å². The first-order chi connectivity index (χ1) is 10.1. The van der Waals surface area contributed by atoms with Crippen molar-refractivity contribution in [2.24, 2.45) is 0 Å². The van der Waals surface area contributed by atoms with E-state index in [0.29, 0.717) is 11.7 Å². The van der Waals surface area contributed by atoms with Crippen molar-refractivity contribution in [3.8, 4) is 11.3 Å². The normalized spacial score (nSPS) is 10.2. The summed E-state index contributed by atoms with van der Waals surface area (Å²) in [5.41, 5.74) is 2.75. The van der Waals surface area contributed by atoms with Crippen LogP contribution in [0.4, 0.5) is 5.13 Å². The van der Waals surface area contributed by atoms with E-state index in [1.807, 2.05) is 29.6 Å². The van der Waals surface area contributed by atoms with Crippen LogP contribution in [-0.2, 0) is 16.1 Å². The SMILES string of the molecule is CC(=O)NCc1ccc(-c2csc(NC(=O)CCl)n2)cc1. The van der Waals surface area contributed by atoms with E-state index in [4.69, 9.17) is 11.6 Å². The third-order valence-corrected chi connectivity index (χ3v) is 3.66. The predicted octanol–water partition coefficient (Wildman–Crippen LogP) is 2.62. The van der Waals surface area contributed by atoms with Crippen LogP contribution in [0.5, 0.6) is 0 Å². The van der Waals surface area contributed by atoms with E-state index in [1.54, 1.807) is 0 Å². The lowest BCUT2D eigenvalue weighted by atomic mass is 10.1. The molecular weight excluding hydrogens is 310 g/mol. The molecule has 7 heteroatoms. The molecule has 21 heavy (non-hydrogen) atoms. The Morgan fingerprint density at radius 3 is 2.62 bits per heavy atom. The molecule has 1 aromatic heterocycles. The van der Waals surface area contributed by atoms with E-state index in [9.17, 15) is 9.59 Å². The molecule has 0 spiro atoms. The van der Waals surface area contributed by atoms with Crippen molar-refractivity contribution < 1.29 is 9.59 Å². The van der Waals surface area contributed by atoms with Gasteiger partial charge in [-0.05, 0) is 5.56 Å². The van der Waals surface area contributed by atoms with Crippen LogP contribution in [0.3, 0.4) is 0 Å². The summed E-state index contributed by atoms with van der Waals surface area (Å²) in [5.74, 6) is -0.422. The van der Waals surface area contributed by atoms with Gasteiger partial charge >= 0.3 is 0 Å². The zero-order chi connectivity index (χ0) is 15.2. The first kappa shape index (κ1) is 15.5. The number of halogens is 1. The summed E-state index contributed by atoms with van der Waals surface area (Å²) >= 11 is 6.78. The van der Waals surface area contributed by atoms with Crippen molar-refractivity contribution in [2.75, 3.05) is 11.2 Å². The fourth-order valence-electron chi connectivity index (χ4n) is 1.64. The molecule has 2 N–H and O–H groups in total. The van der Waals surface area contributed by atoms with E-state index in [0.717, 1.165) is 16.8 Å². The summed E-state index contributed by atoms with van der Waals surface area (Å²) in [5, 5.41) is 7.75. The van der Waals surface area contributed by atoms with E-state index >= 15 is 0 Å². The highest BCUT2D eigenvalue weighted by Gasteiger charge is 2.07. The van der Waals surface area contributed by atoms with Crippen LogP contribution < -0.4 is 10.6 Å². The van der Waals surface area contributed by atoms with Crippen molar-refractivity contribution in [1.29, 1.82) is 0 Å². The van der Waals surface area contributed by atoms with Gasteiger partial charge in [0.1, 0.15) is 5.88 Å². The Morgan fingerprint density at radius 1 is 1.29 bits per heavy atom. The van der Waals surface area contributed by atoms with Gasteiger partial charge in [-0.3, -0.25) is 9.59 Å². The average molecular weight is 324 g/mol. The molecule has 0 atom stereocenters. The summed E-state index contributed by atoms with van der Waals surface area (Å²) < 4.78 is 0. The van der Waals surface area contributed by atoms with Gasteiger partial charge in [0, 0.05) is 24.4 Å². The second kappa shape index (κ2) is 7.19. The predicted molar refractivity (Wildman–Crippen MR) is 84.4 cm³/mol. The Labute approximate surface area is 131 Å². The third kappa shape index (κ3) is 4.54. The van der Waals surface area contributed by atoms with Gasteiger partial charge in [0.05, 0.1) is 5.69 Å². The van der Waals surface area contributed by atoms with E-state index < -0.39 is 0 Å². The zero-order valence-corrected chi connectivity index (χ0v) is 12.9. The molecule has 0 fully saturated rings.